The summed E-state index contributed by atoms with van der Waals surface area (Å²) in [6, 6.07) is 14.3. The first-order chi connectivity index (χ1) is 15.7. The van der Waals surface area contributed by atoms with E-state index in [1.807, 2.05) is 32.0 Å². The van der Waals surface area contributed by atoms with E-state index < -0.39 is 23.5 Å². The van der Waals surface area contributed by atoms with Crippen molar-refractivity contribution in [1.82, 2.24) is 5.48 Å². The molecule has 0 aromatic heterocycles. The number of benzene rings is 2. The minimum atomic E-state index is -0.634. The lowest BCUT2D eigenvalue weighted by molar-refractivity contribution is -0.124. The molecule has 0 unspecified atom stereocenters. The number of aliphatic hydroxyl groups excluding tert-OH is 1. The summed E-state index contributed by atoms with van der Waals surface area (Å²) in [5.74, 6) is -0.0537. The molecule has 0 spiro atoms. The smallest absolute Gasteiger partial charge is 0.412 e. The van der Waals surface area contributed by atoms with Crippen molar-refractivity contribution >= 4 is 33.6 Å². The van der Waals surface area contributed by atoms with Crippen LogP contribution >= 0.6 is 15.9 Å². The zero-order chi connectivity index (χ0) is 24.3. The van der Waals surface area contributed by atoms with Crippen LogP contribution in [-0.4, -0.2) is 35.5 Å². The molecule has 33 heavy (non-hydrogen) atoms. The second kappa shape index (κ2) is 13.0. The normalized spacial score (nSPS) is 12.3. The quantitative estimate of drug-likeness (QED) is 0.188. The van der Waals surface area contributed by atoms with E-state index in [0.29, 0.717) is 24.3 Å². The topological polar surface area (TPSA) is 117 Å². The third-order valence-corrected chi connectivity index (χ3v) is 5.41. The largest absolute Gasteiger partial charge is 0.491 e. The molecule has 2 amide bonds. The molecule has 8 nitrogen and oxygen atoms in total. The summed E-state index contributed by atoms with van der Waals surface area (Å²) in [5.41, 5.74) is 2.36. The third kappa shape index (κ3) is 8.88. The fraction of sp³-hybridized carbons (Fsp3) is 0.333. The first-order valence-electron chi connectivity index (χ1n) is 10.4. The van der Waals surface area contributed by atoms with Gasteiger partial charge in [-0.15, -0.1) is 0 Å². The molecular weight excluding hydrogens is 492 g/mol. The number of allylic oxidation sites excluding steroid dienone is 1. The Labute approximate surface area is 201 Å². The average molecular weight is 521 g/mol. The number of nitrogens with one attached hydrogen (secondary N) is 2. The Morgan fingerprint density at radius 3 is 2.58 bits per heavy atom. The number of halogens is 1. The lowest BCUT2D eigenvalue weighted by atomic mass is 9.78. The fourth-order valence-corrected chi connectivity index (χ4v) is 3.48. The Bertz CT molecular complexity index is 946. The molecule has 2 aromatic carbocycles. The van der Waals surface area contributed by atoms with E-state index in [-0.39, 0.29) is 13.2 Å². The summed E-state index contributed by atoms with van der Waals surface area (Å²) in [7, 11) is 0. The van der Waals surface area contributed by atoms with Gasteiger partial charge in [0.25, 0.3) is 5.91 Å². The first-order valence-corrected chi connectivity index (χ1v) is 11.2. The number of carbonyl (C=O) groups excluding carboxylic acids is 2. The molecule has 4 N–H and O–H groups in total. The molecule has 0 aliphatic rings. The van der Waals surface area contributed by atoms with Gasteiger partial charge in [0.2, 0.25) is 0 Å². The van der Waals surface area contributed by atoms with Crippen molar-refractivity contribution in [2.75, 3.05) is 18.5 Å². The molecule has 0 saturated heterocycles. The Balaban J connectivity index is 2.22. The van der Waals surface area contributed by atoms with Gasteiger partial charge in [-0.25, -0.2) is 10.3 Å². The van der Waals surface area contributed by atoms with E-state index in [1.165, 1.54) is 6.08 Å². The van der Waals surface area contributed by atoms with Crippen LogP contribution in [0, 0.1) is 5.41 Å². The second-order valence-corrected chi connectivity index (χ2v) is 8.88. The molecular formula is C24H29BrN2O6. The molecule has 0 fully saturated rings. The monoisotopic (exact) mass is 520 g/mol. The molecule has 2 aromatic rings. The number of hydrogen-bond donors (Lipinski definition) is 4. The average Bonchev–Trinajstić information content (AvgIpc) is 2.80. The molecule has 0 saturated carbocycles. The minimum Gasteiger partial charge on any atom is -0.491 e. The highest BCUT2D eigenvalue weighted by Gasteiger charge is 2.34. The standard InChI is InChI=1S/C24H29BrN2O6/c1-24(2,13-4-3-8-21(29)27-31)22(17-6-5-7-20(16-17)32-15-14-28)33-23(30)26-19-11-9-18(25)10-12-19/h3,5-12,16,22,28,31H,4,13-15H2,1-2H3,(H,26,30)(H,27,29)/b8-3+/t22-/m0/s1. The van der Waals surface area contributed by atoms with Crippen molar-refractivity contribution in [3.05, 3.63) is 70.7 Å². The number of amides is 2. The van der Waals surface area contributed by atoms with E-state index in [0.717, 1.165) is 10.0 Å². The van der Waals surface area contributed by atoms with Crippen LogP contribution in [0.25, 0.3) is 0 Å². The predicted molar refractivity (Wildman–Crippen MR) is 128 cm³/mol. The van der Waals surface area contributed by atoms with Gasteiger partial charge in [0, 0.05) is 21.7 Å². The number of anilines is 1. The van der Waals surface area contributed by atoms with E-state index in [4.69, 9.17) is 19.8 Å². The van der Waals surface area contributed by atoms with E-state index >= 15 is 0 Å². The molecule has 1 atom stereocenters. The minimum absolute atomic E-state index is 0.112. The highest BCUT2D eigenvalue weighted by molar-refractivity contribution is 9.10. The second-order valence-electron chi connectivity index (χ2n) is 7.97. The van der Waals surface area contributed by atoms with Crippen molar-refractivity contribution < 1.29 is 29.4 Å². The van der Waals surface area contributed by atoms with Gasteiger partial charge in [0.15, 0.2) is 0 Å². The van der Waals surface area contributed by atoms with Crippen molar-refractivity contribution in [1.29, 1.82) is 0 Å². The van der Waals surface area contributed by atoms with Crippen LogP contribution in [0.4, 0.5) is 10.5 Å². The van der Waals surface area contributed by atoms with Gasteiger partial charge in [0.05, 0.1) is 6.61 Å². The van der Waals surface area contributed by atoms with Crippen molar-refractivity contribution in [2.45, 2.75) is 32.8 Å². The molecule has 0 bridgehead atoms. The Morgan fingerprint density at radius 2 is 1.91 bits per heavy atom. The molecule has 0 aliphatic heterocycles. The van der Waals surface area contributed by atoms with Crippen molar-refractivity contribution in [3.63, 3.8) is 0 Å². The maximum Gasteiger partial charge on any atom is 0.412 e. The SMILES string of the molecule is CC(C)(CC/C=C/C(=O)NO)[C@@H](OC(=O)Nc1ccc(Br)cc1)c1cccc(OCCO)c1. The predicted octanol–water partition coefficient (Wildman–Crippen LogP) is 4.98. The molecule has 9 heteroatoms. The third-order valence-electron chi connectivity index (χ3n) is 4.88. The number of rotatable bonds is 11. The summed E-state index contributed by atoms with van der Waals surface area (Å²) in [5, 5.41) is 20.4. The lowest BCUT2D eigenvalue weighted by Gasteiger charge is -2.34. The van der Waals surface area contributed by atoms with Crippen LogP contribution < -0.4 is 15.5 Å². The van der Waals surface area contributed by atoms with Crippen LogP contribution in [0.15, 0.2) is 65.2 Å². The van der Waals surface area contributed by atoms with Crippen LogP contribution in [0.2, 0.25) is 0 Å². The molecule has 0 heterocycles. The molecule has 178 valence electrons. The number of aliphatic hydroxyl groups is 1. The van der Waals surface area contributed by atoms with Gasteiger partial charge in [0.1, 0.15) is 18.5 Å². The molecule has 0 radical (unpaired) electrons. The summed E-state index contributed by atoms with van der Waals surface area (Å²) >= 11 is 3.36. The number of carbonyl (C=O) groups is 2. The van der Waals surface area contributed by atoms with Crippen LogP contribution in [0.5, 0.6) is 5.75 Å². The zero-order valence-corrected chi connectivity index (χ0v) is 20.2. The fourth-order valence-electron chi connectivity index (χ4n) is 3.21. The van der Waals surface area contributed by atoms with Gasteiger partial charge in [-0.2, -0.15) is 0 Å². The van der Waals surface area contributed by atoms with Crippen LogP contribution in [0.1, 0.15) is 38.4 Å². The number of ether oxygens (including phenoxy) is 2. The Morgan fingerprint density at radius 1 is 1.18 bits per heavy atom. The van der Waals surface area contributed by atoms with Crippen molar-refractivity contribution in [3.8, 4) is 5.75 Å². The maximum atomic E-state index is 12.7. The van der Waals surface area contributed by atoms with E-state index in [2.05, 4.69) is 21.2 Å². The Hall–Kier alpha value is -2.88. The summed E-state index contributed by atoms with van der Waals surface area (Å²) in [6.45, 7) is 3.97. The van der Waals surface area contributed by atoms with Crippen LogP contribution in [0.3, 0.4) is 0 Å². The van der Waals surface area contributed by atoms with Gasteiger partial charge < -0.3 is 14.6 Å². The molecule has 0 aliphatic carbocycles. The molecule has 2 rings (SSSR count). The highest BCUT2D eigenvalue weighted by Crippen LogP contribution is 2.41. The maximum absolute atomic E-state index is 12.7. The van der Waals surface area contributed by atoms with Gasteiger partial charge in [-0.1, -0.05) is 48.0 Å². The van der Waals surface area contributed by atoms with Gasteiger partial charge in [-0.3, -0.25) is 15.3 Å². The van der Waals surface area contributed by atoms with Gasteiger partial charge >= 0.3 is 6.09 Å². The summed E-state index contributed by atoms with van der Waals surface area (Å²) in [4.78, 5) is 23.9. The summed E-state index contributed by atoms with van der Waals surface area (Å²) < 4.78 is 12.3. The van der Waals surface area contributed by atoms with Crippen molar-refractivity contribution in [2.24, 2.45) is 5.41 Å². The Kier molecular flexibility index (Phi) is 10.4. The van der Waals surface area contributed by atoms with E-state index in [1.54, 1.807) is 41.9 Å². The lowest BCUT2D eigenvalue weighted by Crippen LogP contribution is -2.29. The summed E-state index contributed by atoms with van der Waals surface area (Å²) in [6.07, 6.45) is 2.76. The first kappa shape index (κ1) is 26.4. The van der Waals surface area contributed by atoms with E-state index in [9.17, 15) is 9.59 Å². The van der Waals surface area contributed by atoms with Crippen LogP contribution in [-0.2, 0) is 9.53 Å². The number of hydroxylamine groups is 1. The van der Waals surface area contributed by atoms with Gasteiger partial charge in [-0.05, 0) is 54.8 Å². The number of hydrogen-bond acceptors (Lipinski definition) is 6. The zero-order valence-electron chi connectivity index (χ0n) is 18.6. The highest BCUT2D eigenvalue weighted by atomic mass is 79.9.